The van der Waals surface area contributed by atoms with Gasteiger partial charge in [0.25, 0.3) is 0 Å². The second-order valence-electron chi connectivity index (χ2n) is 3.69. The Morgan fingerprint density at radius 3 is 1.00 bits per heavy atom. The topological polar surface area (TPSA) is 138 Å². The van der Waals surface area contributed by atoms with E-state index in [1.807, 2.05) is 9.44 Å². The quantitative estimate of drug-likeness (QED) is 0.390. The Labute approximate surface area is 151 Å². The van der Waals surface area contributed by atoms with Crippen LogP contribution in [0.15, 0.2) is 0 Å². The molecule has 0 radical (unpaired) electrons. The average molecular weight is 318 g/mol. The maximum Gasteiger partial charge on any atom is 1.00 e. The van der Waals surface area contributed by atoms with Gasteiger partial charge in [0, 0.05) is 12.1 Å². The molecule has 2 N–H and O–H groups in total. The Balaban J connectivity index is 0. The van der Waals surface area contributed by atoms with Gasteiger partial charge in [0.1, 0.15) is 0 Å². The largest absolute Gasteiger partial charge is 1.00 e. The van der Waals surface area contributed by atoms with Crippen LogP contribution >= 0.6 is 0 Å². The van der Waals surface area contributed by atoms with Gasteiger partial charge in [0.2, 0.25) is 0 Å². The minimum absolute atomic E-state index is 0. The molecule has 2 aliphatic rings. The predicted molar refractivity (Wildman–Crippen MR) is 51.7 cm³/mol. The molecule has 0 bridgehead atoms. The number of nitrogens with one attached hydrogen (secondary N) is 2. The molecule has 2 fully saturated rings. The van der Waals surface area contributed by atoms with E-state index in [-0.39, 0.29) is 71.2 Å². The molecule has 96 valence electrons. The van der Waals surface area contributed by atoms with Crippen LogP contribution in [0, 0.1) is 0 Å². The van der Waals surface area contributed by atoms with E-state index in [9.17, 15) is 25.9 Å². The van der Waals surface area contributed by atoms with Gasteiger partial charge in [-0.2, -0.15) is 0 Å². The van der Waals surface area contributed by atoms with Crippen LogP contribution in [-0.2, 0) is 20.6 Å². The van der Waals surface area contributed by atoms with Gasteiger partial charge in [-0.3, -0.25) is 0 Å². The summed E-state index contributed by atoms with van der Waals surface area (Å²) in [4.78, 5) is 0. The zero-order valence-corrected chi connectivity index (χ0v) is 15.9. The first-order valence-electron chi connectivity index (χ1n) is 4.62. The molecule has 0 aromatic rings. The Hall–Kier alpha value is 1.74. The van der Waals surface area contributed by atoms with Crippen molar-refractivity contribution in [3.05, 3.63) is 0 Å². The van der Waals surface area contributed by atoms with Crippen LogP contribution in [0.5, 0.6) is 0 Å². The van der Waals surface area contributed by atoms with Crippen molar-refractivity contribution in [2.24, 2.45) is 0 Å². The van der Waals surface area contributed by atoms with E-state index in [1.54, 1.807) is 0 Å². The summed E-state index contributed by atoms with van der Waals surface area (Å²) in [6.07, 6.45) is 3.23. The first-order chi connectivity index (χ1) is 7.16. The fourth-order valence-corrected chi connectivity index (χ4v) is 2.10. The van der Waals surface area contributed by atoms with Gasteiger partial charge >= 0.3 is 59.1 Å². The maximum absolute atomic E-state index is 9.82. The number of hydrogen-bond donors (Lipinski definition) is 2. The normalized spacial score (nSPS) is 18.8. The Morgan fingerprint density at radius 2 is 0.944 bits per heavy atom. The molecule has 0 aromatic carbocycles. The molecule has 2 aliphatic carbocycles. The van der Waals surface area contributed by atoms with Gasteiger partial charge in [-0.05, 0) is 25.7 Å². The van der Waals surface area contributed by atoms with Crippen molar-refractivity contribution in [2.75, 3.05) is 0 Å². The first-order valence-corrected chi connectivity index (χ1v) is 7.44. The summed E-state index contributed by atoms with van der Waals surface area (Å²) in [5, 5.41) is 0. The molecule has 0 aliphatic heterocycles. The summed E-state index contributed by atoms with van der Waals surface area (Å²) in [6, 6.07) is -0.116. The molecule has 0 saturated heterocycles. The third kappa shape index (κ3) is 15.8. The Kier molecular flexibility index (Phi) is 10.9. The van der Waals surface area contributed by atoms with E-state index in [0.29, 0.717) is 0 Å². The fraction of sp³-hybridized carbons (Fsp3) is 1.00. The molecule has 12 heteroatoms. The van der Waals surface area contributed by atoms with Gasteiger partial charge in [-0.1, -0.05) is 0 Å². The molecule has 0 amide bonds. The van der Waals surface area contributed by atoms with E-state index < -0.39 is 20.6 Å². The molecule has 2 saturated carbocycles. The van der Waals surface area contributed by atoms with Gasteiger partial charge in [0.15, 0.2) is 20.6 Å². The summed E-state index contributed by atoms with van der Waals surface area (Å²) in [5.41, 5.74) is 0. The fourth-order valence-electron chi connectivity index (χ4n) is 0.811. The molecular weight excluding hydrogens is 306 g/mol. The van der Waals surface area contributed by atoms with E-state index in [1.165, 1.54) is 0 Å². The van der Waals surface area contributed by atoms with Crippen molar-refractivity contribution in [1.29, 1.82) is 0 Å². The second kappa shape index (κ2) is 8.90. The minimum atomic E-state index is -4.16. The van der Waals surface area contributed by atoms with E-state index in [0.717, 1.165) is 25.7 Å². The third-order valence-electron chi connectivity index (χ3n) is 1.78. The summed E-state index contributed by atoms with van der Waals surface area (Å²) >= 11 is 0. The Bertz CT molecular complexity index is 389. The minimum Gasteiger partial charge on any atom is -0.735 e. The van der Waals surface area contributed by atoms with Crippen molar-refractivity contribution in [3.8, 4) is 0 Å². The summed E-state index contributed by atoms with van der Waals surface area (Å²) in [6.45, 7) is 0. The molecule has 0 heterocycles. The molecule has 8 nitrogen and oxygen atoms in total. The first kappa shape index (κ1) is 22.0. The van der Waals surface area contributed by atoms with Gasteiger partial charge < -0.3 is 9.11 Å². The number of hydrogen-bond acceptors (Lipinski definition) is 6. The van der Waals surface area contributed by atoms with E-state index in [4.69, 9.17) is 0 Å². The van der Waals surface area contributed by atoms with E-state index >= 15 is 0 Å². The van der Waals surface area contributed by atoms with Crippen molar-refractivity contribution in [1.82, 2.24) is 9.44 Å². The molecular formula is C6H12N2Na2O6S2. The van der Waals surface area contributed by atoms with Crippen LogP contribution < -0.4 is 68.6 Å². The van der Waals surface area contributed by atoms with Crippen molar-refractivity contribution < 1.29 is 85.1 Å². The molecule has 0 aromatic heterocycles. The molecule has 0 unspecified atom stereocenters. The monoisotopic (exact) mass is 318 g/mol. The average Bonchev–Trinajstić information content (AvgIpc) is 2.79. The smallest absolute Gasteiger partial charge is 0.735 e. The van der Waals surface area contributed by atoms with Crippen LogP contribution in [0.1, 0.15) is 25.7 Å². The zero-order chi connectivity index (χ0) is 12.4. The molecule has 18 heavy (non-hydrogen) atoms. The second-order valence-corrected chi connectivity index (χ2v) is 5.98. The Morgan fingerprint density at radius 1 is 0.722 bits per heavy atom. The summed E-state index contributed by atoms with van der Waals surface area (Å²) < 4.78 is 62.7. The standard InChI is InChI=1S/2C3H7NO3S.2Na/c2*5-8(6,7)4-3-1-2-3;;/h2*3-4H,1-2H2,(H,5,6,7);;/q;;2*+1/p-2. The van der Waals surface area contributed by atoms with Crippen LogP contribution in [0.3, 0.4) is 0 Å². The van der Waals surface area contributed by atoms with Gasteiger partial charge in [-0.25, -0.2) is 26.3 Å². The van der Waals surface area contributed by atoms with Crippen LogP contribution in [0.2, 0.25) is 0 Å². The maximum atomic E-state index is 9.82. The van der Waals surface area contributed by atoms with Gasteiger partial charge in [0.05, 0.1) is 0 Å². The SMILES string of the molecule is O=S(=O)([O-])NC1CC1.O=S(=O)([O-])NC1CC1.[Na+].[Na+]. The van der Waals surface area contributed by atoms with Crippen LogP contribution in [-0.4, -0.2) is 38.0 Å². The summed E-state index contributed by atoms with van der Waals surface area (Å²) in [5.74, 6) is 0. The summed E-state index contributed by atoms with van der Waals surface area (Å²) in [7, 11) is -8.32. The van der Waals surface area contributed by atoms with E-state index in [2.05, 4.69) is 0 Å². The van der Waals surface area contributed by atoms with Crippen LogP contribution in [0.25, 0.3) is 0 Å². The van der Waals surface area contributed by atoms with Crippen LogP contribution in [0.4, 0.5) is 0 Å². The predicted octanol–water partition coefficient (Wildman–Crippen LogP) is -7.59. The zero-order valence-electron chi connectivity index (χ0n) is 10.2. The molecule has 0 atom stereocenters. The third-order valence-corrected chi connectivity index (χ3v) is 3.02. The molecule has 0 spiro atoms. The molecule has 2 rings (SSSR count). The number of rotatable bonds is 4. The van der Waals surface area contributed by atoms with Crippen molar-refractivity contribution >= 4 is 20.6 Å². The van der Waals surface area contributed by atoms with Gasteiger partial charge in [-0.15, -0.1) is 0 Å². The van der Waals surface area contributed by atoms with Crippen molar-refractivity contribution in [3.63, 3.8) is 0 Å². The van der Waals surface area contributed by atoms with Crippen molar-refractivity contribution in [2.45, 2.75) is 37.8 Å².